The summed E-state index contributed by atoms with van der Waals surface area (Å²) in [6.45, 7) is 5.81. The van der Waals surface area contributed by atoms with Crippen LogP contribution in [0.5, 0.6) is 0 Å². The van der Waals surface area contributed by atoms with Crippen LogP contribution in [0.25, 0.3) is 10.9 Å². The van der Waals surface area contributed by atoms with E-state index >= 15 is 0 Å². The molecule has 0 spiro atoms. The first-order valence-electron chi connectivity index (χ1n) is 5.15. The summed E-state index contributed by atoms with van der Waals surface area (Å²) in [7, 11) is 0. The van der Waals surface area contributed by atoms with E-state index in [1.54, 1.807) is 6.07 Å². The minimum atomic E-state index is -2.47. The van der Waals surface area contributed by atoms with Crippen molar-refractivity contribution in [1.29, 1.82) is 0 Å². The van der Waals surface area contributed by atoms with Crippen LogP contribution >= 0.6 is 11.6 Å². The molecule has 1 N–H and O–H groups in total. The fourth-order valence-corrected chi connectivity index (χ4v) is 1.74. The molecule has 0 unspecified atom stereocenters. The van der Waals surface area contributed by atoms with Gasteiger partial charge in [0.2, 0.25) is 0 Å². The summed E-state index contributed by atoms with van der Waals surface area (Å²) < 4.78 is 25.2. The molecule has 0 fully saturated rings. The van der Waals surface area contributed by atoms with E-state index in [-0.39, 0.29) is 5.56 Å². The molecule has 0 atom stereocenters. The lowest BCUT2D eigenvalue weighted by Crippen LogP contribution is -1.84. The highest BCUT2D eigenvalue weighted by atomic mass is 35.5. The quantitative estimate of drug-likeness (QED) is 0.720. The third-order valence-electron chi connectivity index (χ3n) is 2.15. The number of H-pyrrole nitrogens is 1. The molecule has 4 heteroatoms. The lowest BCUT2D eigenvalue weighted by Gasteiger charge is -2.02. The molecular weight excluding hydrogens is 232 g/mol. The molecule has 1 nitrogen and oxygen atoms in total. The molecular formula is C12H14ClF2N. The van der Waals surface area contributed by atoms with E-state index in [2.05, 4.69) is 4.98 Å². The highest BCUT2D eigenvalue weighted by Gasteiger charge is 2.14. The molecule has 16 heavy (non-hydrogen) atoms. The molecule has 0 bridgehead atoms. The van der Waals surface area contributed by atoms with Gasteiger partial charge in [-0.15, -0.1) is 0 Å². The van der Waals surface area contributed by atoms with Crippen molar-refractivity contribution in [2.24, 2.45) is 0 Å². The summed E-state index contributed by atoms with van der Waals surface area (Å²) in [5.41, 5.74) is 1.44. The van der Waals surface area contributed by atoms with Crippen LogP contribution in [0.15, 0.2) is 18.2 Å². The summed E-state index contributed by atoms with van der Waals surface area (Å²) in [5, 5.41) is 0.975. The Morgan fingerprint density at radius 3 is 2.44 bits per heavy atom. The van der Waals surface area contributed by atoms with Crippen LogP contribution < -0.4 is 0 Å². The first-order valence-corrected chi connectivity index (χ1v) is 5.53. The second kappa shape index (κ2) is 5.30. The van der Waals surface area contributed by atoms with Gasteiger partial charge < -0.3 is 4.98 Å². The largest absolute Gasteiger partial charge is 0.357 e. The Kier molecular flexibility index (Phi) is 4.30. The third-order valence-corrected chi connectivity index (χ3v) is 2.46. The maximum Gasteiger partial charge on any atom is 0.264 e. The van der Waals surface area contributed by atoms with Crippen LogP contribution in [0, 0.1) is 6.92 Å². The van der Waals surface area contributed by atoms with Crippen molar-refractivity contribution in [2.45, 2.75) is 27.2 Å². The van der Waals surface area contributed by atoms with Crippen molar-refractivity contribution < 1.29 is 8.78 Å². The SMILES string of the molecule is CC.Cc1cc2c(C(F)F)ccc(Cl)c2[nH]1. The van der Waals surface area contributed by atoms with E-state index in [1.165, 1.54) is 12.1 Å². The number of aromatic amines is 1. The molecule has 88 valence electrons. The Hall–Kier alpha value is -1.09. The first kappa shape index (κ1) is 13.0. The predicted octanol–water partition coefficient (Wildman–Crippen LogP) is 5.09. The Bertz CT molecular complexity index is 477. The van der Waals surface area contributed by atoms with E-state index in [9.17, 15) is 8.78 Å². The molecule has 0 radical (unpaired) electrons. The third kappa shape index (κ3) is 2.35. The number of rotatable bonds is 1. The summed E-state index contributed by atoms with van der Waals surface area (Å²) in [6, 6.07) is 4.53. The molecule has 1 aromatic carbocycles. The van der Waals surface area contributed by atoms with Crippen LogP contribution in [0.1, 0.15) is 31.5 Å². The molecule has 1 aromatic heterocycles. The molecule has 1 heterocycles. The van der Waals surface area contributed by atoms with Gasteiger partial charge in [-0.25, -0.2) is 8.78 Å². The molecule has 0 aliphatic heterocycles. The molecule has 2 rings (SSSR count). The Labute approximate surface area is 98.4 Å². The van der Waals surface area contributed by atoms with Gasteiger partial charge >= 0.3 is 0 Å². The van der Waals surface area contributed by atoms with Gasteiger partial charge in [0.1, 0.15) is 0 Å². The number of aryl methyl sites for hydroxylation is 1. The second-order valence-corrected chi connectivity index (χ2v) is 3.59. The van der Waals surface area contributed by atoms with E-state index in [1.807, 2.05) is 20.8 Å². The van der Waals surface area contributed by atoms with Crippen LogP contribution in [0.4, 0.5) is 8.78 Å². The minimum Gasteiger partial charge on any atom is -0.357 e. The average Bonchev–Trinajstić information content (AvgIpc) is 2.63. The number of aromatic nitrogens is 1. The van der Waals surface area contributed by atoms with Gasteiger partial charge in [-0.2, -0.15) is 0 Å². The van der Waals surface area contributed by atoms with Gasteiger partial charge in [0.05, 0.1) is 10.5 Å². The smallest absolute Gasteiger partial charge is 0.264 e. The summed E-state index contributed by atoms with van der Waals surface area (Å²) in [4.78, 5) is 2.96. The standard InChI is InChI=1S/C10H8ClF2N.C2H6/c1-5-4-7-6(10(12)13)2-3-8(11)9(7)14-5;1-2/h2-4,10,14H,1H3;1-2H3. The zero-order valence-corrected chi connectivity index (χ0v) is 10.2. The molecule has 0 saturated carbocycles. The molecule has 0 aliphatic rings. The van der Waals surface area contributed by atoms with Crippen molar-refractivity contribution in [2.75, 3.05) is 0 Å². The highest BCUT2D eigenvalue weighted by Crippen LogP contribution is 2.32. The summed E-state index contributed by atoms with van der Waals surface area (Å²) in [5.74, 6) is 0. The van der Waals surface area contributed by atoms with Crippen molar-refractivity contribution in [3.8, 4) is 0 Å². The summed E-state index contributed by atoms with van der Waals surface area (Å²) >= 11 is 5.87. The molecule has 2 aromatic rings. The lowest BCUT2D eigenvalue weighted by atomic mass is 10.1. The van der Waals surface area contributed by atoms with Crippen molar-refractivity contribution in [3.63, 3.8) is 0 Å². The minimum absolute atomic E-state index is 0.0220. The maximum atomic E-state index is 12.6. The van der Waals surface area contributed by atoms with Gasteiger partial charge in [-0.3, -0.25) is 0 Å². The van der Waals surface area contributed by atoms with E-state index in [0.29, 0.717) is 15.9 Å². The molecule has 0 aliphatic carbocycles. The van der Waals surface area contributed by atoms with Crippen LogP contribution in [-0.4, -0.2) is 4.98 Å². The monoisotopic (exact) mass is 245 g/mol. The Balaban J connectivity index is 0.000000606. The fourth-order valence-electron chi connectivity index (χ4n) is 1.53. The second-order valence-electron chi connectivity index (χ2n) is 3.18. The van der Waals surface area contributed by atoms with Crippen molar-refractivity contribution >= 4 is 22.5 Å². The lowest BCUT2D eigenvalue weighted by molar-refractivity contribution is 0.153. The van der Waals surface area contributed by atoms with Crippen molar-refractivity contribution in [1.82, 2.24) is 4.98 Å². The van der Waals surface area contributed by atoms with Crippen molar-refractivity contribution in [3.05, 3.63) is 34.5 Å². The fraction of sp³-hybridized carbons (Fsp3) is 0.333. The number of benzene rings is 1. The number of nitrogens with one attached hydrogen (secondary N) is 1. The van der Waals surface area contributed by atoms with Crippen LogP contribution in [0.3, 0.4) is 0 Å². The Morgan fingerprint density at radius 1 is 1.25 bits per heavy atom. The number of alkyl halides is 2. The van der Waals surface area contributed by atoms with E-state index in [0.717, 1.165) is 5.69 Å². The van der Waals surface area contributed by atoms with Crippen LogP contribution in [-0.2, 0) is 0 Å². The van der Waals surface area contributed by atoms with E-state index in [4.69, 9.17) is 11.6 Å². The van der Waals surface area contributed by atoms with Gasteiger partial charge in [-0.1, -0.05) is 31.5 Å². The molecule has 0 saturated heterocycles. The van der Waals surface area contributed by atoms with Gasteiger partial charge in [0.25, 0.3) is 6.43 Å². The van der Waals surface area contributed by atoms with E-state index < -0.39 is 6.43 Å². The maximum absolute atomic E-state index is 12.6. The number of hydrogen-bond donors (Lipinski definition) is 1. The Morgan fingerprint density at radius 2 is 1.88 bits per heavy atom. The van der Waals surface area contributed by atoms with Crippen LogP contribution in [0.2, 0.25) is 5.02 Å². The zero-order valence-electron chi connectivity index (χ0n) is 9.44. The number of halogens is 3. The van der Waals surface area contributed by atoms with Gasteiger partial charge in [-0.05, 0) is 19.1 Å². The number of fused-ring (bicyclic) bond motifs is 1. The van der Waals surface area contributed by atoms with Gasteiger partial charge in [0.15, 0.2) is 0 Å². The topological polar surface area (TPSA) is 15.8 Å². The molecule has 0 amide bonds. The predicted molar refractivity (Wildman–Crippen MR) is 64.4 cm³/mol. The first-order chi connectivity index (χ1) is 7.59. The number of hydrogen-bond acceptors (Lipinski definition) is 0. The zero-order chi connectivity index (χ0) is 12.3. The summed E-state index contributed by atoms with van der Waals surface area (Å²) in [6.07, 6.45) is -2.47. The normalized spacial score (nSPS) is 10.4. The average molecular weight is 246 g/mol. The highest BCUT2D eigenvalue weighted by molar-refractivity contribution is 6.35. The van der Waals surface area contributed by atoms with Gasteiger partial charge in [0, 0.05) is 16.6 Å².